The highest BCUT2D eigenvalue weighted by molar-refractivity contribution is 8.04. The van der Waals surface area contributed by atoms with Gasteiger partial charge in [0.1, 0.15) is 0 Å². The molecule has 2 rings (SSSR count). The Balaban J connectivity index is 1.90. The zero-order valence-electron chi connectivity index (χ0n) is 15.7. The number of aliphatic hydroxyl groups excluding tert-OH is 1. The zero-order valence-corrected chi connectivity index (χ0v) is 18.1. The van der Waals surface area contributed by atoms with Crippen LogP contribution in [0.3, 0.4) is 0 Å². The van der Waals surface area contributed by atoms with Gasteiger partial charge in [0.15, 0.2) is 0 Å². The minimum absolute atomic E-state index is 0.251. The first-order valence-corrected chi connectivity index (χ1v) is 12.4. The van der Waals surface area contributed by atoms with Gasteiger partial charge >= 0.3 is 0 Å². The van der Waals surface area contributed by atoms with E-state index in [1.165, 1.54) is 22.3 Å². The van der Waals surface area contributed by atoms with Crippen molar-refractivity contribution in [1.82, 2.24) is 0 Å². The first kappa shape index (κ1) is 22.2. The molecule has 1 atom stereocenters. The Morgan fingerprint density at radius 3 is 1.96 bits per heavy atom. The van der Waals surface area contributed by atoms with Crippen LogP contribution in [0.25, 0.3) is 12.2 Å². The molecule has 0 heterocycles. The topological polar surface area (TPSA) is 20.2 Å². The molecule has 144 valence electrons. The molecule has 0 bridgehead atoms. The highest BCUT2D eigenvalue weighted by Gasteiger charge is 2.12. The van der Waals surface area contributed by atoms with Crippen molar-refractivity contribution in [2.24, 2.45) is 0 Å². The summed E-state index contributed by atoms with van der Waals surface area (Å²) in [6, 6.07) is 16.9. The van der Waals surface area contributed by atoms with E-state index in [0.717, 1.165) is 28.8 Å². The second kappa shape index (κ2) is 13.2. The van der Waals surface area contributed by atoms with E-state index >= 15 is 0 Å². The molecule has 0 saturated heterocycles. The van der Waals surface area contributed by atoms with Crippen molar-refractivity contribution in [1.29, 1.82) is 0 Å². The maximum atomic E-state index is 9.08. The van der Waals surface area contributed by atoms with Crippen LogP contribution in [0.2, 0.25) is 0 Å². The van der Waals surface area contributed by atoms with Crippen molar-refractivity contribution in [3.8, 4) is 0 Å². The van der Waals surface area contributed by atoms with Gasteiger partial charge in [0.2, 0.25) is 0 Å². The van der Waals surface area contributed by atoms with E-state index in [1.807, 2.05) is 47.4 Å². The third-order valence-corrected chi connectivity index (χ3v) is 8.09. The van der Waals surface area contributed by atoms with E-state index in [2.05, 4.69) is 61.7 Å². The number of aliphatic hydroxyl groups is 1. The quantitative estimate of drug-likeness (QED) is 0.390. The highest BCUT2D eigenvalue weighted by Crippen LogP contribution is 2.28. The SMILES string of the molecule is C=Cc1ccccc1CSCC(CSCCO)SCc1ccccc1C=C. The summed E-state index contributed by atoms with van der Waals surface area (Å²) in [6.45, 7) is 8.09. The van der Waals surface area contributed by atoms with Crippen LogP contribution in [0, 0.1) is 0 Å². The Labute approximate surface area is 176 Å². The average Bonchev–Trinajstić information content (AvgIpc) is 2.72. The number of hydrogen-bond acceptors (Lipinski definition) is 4. The molecule has 2 aromatic carbocycles. The van der Waals surface area contributed by atoms with E-state index in [9.17, 15) is 0 Å². The van der Waals surface area contributed by atoms with Crippen LogP contribution in [-0.2, 0) is 11.5 Å². The Hall–Kier alpha value is -1.07. The summed E-state index contributed by atoms with van der Waals surface area (Å²) in [6.07, 6.45) is 3.87. The Bertz CT molecular complexity index is 714. The van der Waals surface area contributed by atoms with Crippen LogP contribution in [0.15, 0.2) is 61.7 Å². The lowest BCUT2D eigenvalue weighted by molar-refractivity contribution is 0.322. The summed E-state index contributed by atoms with van der Waals surface area (Å²) in [7, 11) is 0. The summed E-state index contributed by atoms with van der Waals surface area (Å²) >= 11 is 5.83. The van der Waals surface area contributed by atoms with E-state index in [-0.39, 0.29) is 6.61 Å². The van der Waals surface area contributed by atoms with Gasteiger partial charge in [-0.3, -0.25) is 0 Å². The number of hydrogen-bond donors (Lipinski definition) is 1. The molecule has 0 spiro atoms. The number of thioether (sulfide) groups is 3. The summed E-state index contributed by atoms with van der Waals surface area (Å²) in [5.74, 6) is 4.98. The van der Waals surface area contributed by atoms with Crippen LogP contribution in [0.4, 0.5) is 0 Å². The minimum Gasteiger partial charge on any atom is -0.396 e. The lowest BCUT2D eigenvalue weighted by atomic mass is 10.1. The van der Waals surface area contributed by atoms with E-state index in [0.29, 0.717) is 5.25 Å². The summed E-state index contributed by atoms with van der Waals surface area (Å²) < 4.78 is 0. The van der Waals surface area contributed by atoms with Crippen LogP contribution >= 0.6 is 35.3 Å². The van der Waals surface area contributed by atoms with E-state index in [4.69, 9.17) is 5.11 Å². The Morgan fingerprint density at radius 1 is 0.815 bits per heavy atom. The molecule has 0 radical (unpaired) electrons. The van der Waals surface area contributed by atoms with Gasteiger partial charge in [0.25, 0.3) is 0 Å². The van der Waals surface area contributed by atoms with Crippen molar-refractivity contribution in [3.05, 3.63) is 83.9 Å². The maximum Gasteiger partial charge on any atom is 0.0521 e. The molecule has 2 aromatic rings. The van der Waals surface area contributed by atoms with Gasteiger partial charge in [-0.05, 0) is 22.3 Å². The smallest absolute Gasteiger partial charge is 0.0521 e. The number of benzene rings is 2. The van der Waals surface area contributed by atoms with E-state index in [1.54, 1.807) is 0 Å². The second-order valence-electron chi connectivity index (χ2n) is 6.05. The molecule has 0 aliphatic heterocycles. The lowest BCUT2D eigenvalue weighted by Crippen LogP contribution is -2.12. The molecule has 0 saturated carbocycles. The normalized spacial score (nSPS) is 11.9. The van der Waals surface area contributed by atoms with Gasteiger partial charge in [-0.2, -0.15) is 35.3 Å². The summed E-state index contributed by atoms with van der Waals surface area (Å²) in [5.41, 5.74) is 5.14. The lowest BCUT2D eigenvalue weighted by Gasteiger charge is -2.17. The minimum atomic E-state index is 0.251. The van der Waals surface area contributed by atoms with Gasteiger partial charge in [0.05, 0.1) is 6.61 Å². The van der Waals surface area contributed by atoms with Gasteiger partial charge in [-0.25, -0.2) is 0 Å². The molecule has 0 amide bonds. The molecule has 0 aliphatic carbocycles. The molecule has 0 aromatic heterocycles. The molecule has 1 unspecified atom stereocenters. The molecule has 0 fully saturated rings. The zero-order chi connectivity index (χ0) is 19.3. The van der Waals surface area contributed by atoms with Gasteiger partial charge in [-0.15, -0.1) is 0 Å². The third-order valence-electron chi connectivity index (χ3n) is 4.13. The standard InChI is InChI=1S/C23H28OS3/c1-3-19-9-5-7-11-21(19)15-26-18-23(17-25-14-13-24)27-16-22-12-8-6-10-20(22)4-2/h3-12,23-24H,1-2,13-18H2. The molecule has 1 nitrogen and oxygen atoms in total. The Morgan fingerprint density at radius 2 is 1.37 bits per heavy atom. The van der Waals surface area contributed by atoms with Crippen molar-refractivity contribution in [3.63, 3.8) is 0 Å². The van der Waals surface area contributed by atoms with Gasteiger partial charge in [-0.1, -0.05) is 73.8 Å². The molecule has 1 N–H and O–H groups in total. The van der Waals surface area contributed by atoms with Crippen LogP contribution in [0.1, 0.15) is 22.3 Å². The monoisotopic (exact) mass is 416 g/mol. The van der Waals surface area contributed by atoms with Crippen molar-refractivity contribution in [2.45, 2.75) is 16.8 Å². The van der Waals surface area contributed by atoms with Gasteiger partial charge in [0, 0.05) is 34.0 Å². The molecule has 27 heavy (non-hydrogen) atoms. The second-order valence-corrected chi connectivity index (χ2v) is 9.52. The fourth-order valence-electron chi connectivity index (χ4n) is 2.66. The predicted molar refractivity (Wildman–Crippen MR) is 129 cm³/mol. The molecule has 0 aliphatic rings. The maximum absolute atomic E-state index is 9.08. The fraction of sp³-hybridized carbons (Fsp3) is 0.304. The van der Waals surface area contributed by atoms with Crippen molar-refractivity contribution < 1.29 is 5.11 Å². The third kappa shape index (κ3) is 7.82. The van der Waals surface area contributed by atoms with Crippen LogP contribution < -0.4 is 0 Å². The first-order valence-electron chi connectivity index (χ1n) is 9.07. The molecule has 4 heteroatoms. The van der Waals surface area contributed by atoms with Crippen LogP contribution in [0.5, 0.6) is 0 Å². The van der Waals surface area contributed by atoms with E-state index < -0.39 is 0 Å². The Kier molecular flexibility index (Phi) is 10.8. The van der Waals surface area contributed by atoms with Crippen molar-refractivity contribution in [2.75, 3.05) is 23.9 Å². The predicted octanol–water partition coefficient (Wildman–Crippen LogP) is 6.23. The summed E-state index contributed by atoms with van der Waals surface area (Å²) in [4.78, 5) is 0. The average molecular weight is 417 g/mol. The fourth-order valence-corrected chi connectivity index (χ4v) is 6.49. The number of rotatable bonds is 13. The molecular weight excluding hydrogens is 388 g/mol. The highest BCUT2D eigenvalue weighted by atomic mass is 32.2. The first-order chi connectivity index (χ1) is 13.3. The van der Waals surface area contributed by atoms with Gasteiger partial charge < -0.3 is 5.11 Å². The largest absolute Gasteiger partial charge is 0.396 e. The van der Waals surface area contributed by atoms with Crippen LogP contribution in [-0.4, -0.2) is 34.2 Å². The van der Waals surface area contributed by atoms with Crippen molar-refractivity contribution >= 4 is 47.4 Å². The molecular formula is C23H28OS3. The summed E-state index contributed by atoms with van der Waals surface area (Å²) in [5, 5.41) is 9.64.